The van der Waals surface area contributed by atoms with Crippen molar-refractivity contribution in [2.75, 3.05) is 12.8 Å². The minimum absolute atomic E-state index is 0.0993. The van der Waals surface area contributed by atoms with Gasteiger partial charge >= 0.3 is 0 Å². The molecule has 2 aliphatic heterocycles. The molecule has 1 aromatic carbocycles. The van der Waals surface area contributed by atoms with Gasteiger partial charge in [-0.3, -0.25) is 14.9 Å². The molecule has 40 heavy (non-hydrogen) atoms. The van der Waals surface area contributed by atoms with Crippen LogP contribution in [-0.2, 0) is 0 Å². The van der Waals surface area contributed by atoms with Crippen molar-refractivity contribution >= 4 is 17.4 Å². The number of pyridine rings is 1. The normalized spacial score (nSPS) is 20.2. The van der Waals surface area contributed by atoms with E-state index in [1.165, 1.54) is 19.5 Å². The van der Waals surface area contributed by atoms with Crippen molar-refractivity contribution in [3.8, 4) is 28.1 Å². The molecule has 7 rings (SSSR count). The van der Waals surface area contributed by atoms with Crippen molar-refractivity contribution in [2.45, 2.75) is 43.7 Å². The smallest absolute Gasteiger partial charge is 0.291 e. The molecule has 0 aliphatic carbocycles. The number of carbonyl (C=O) groups excluding carboxylic acids is 1. The number of aromatic amines is 1. The molecule has 0 radical (unpaired) electrons. The molecular formula is C28H26FN9O2. The highest BCUT2D eigenvalue weighted by Crippen LogP contribution is 2.43. The number of ether oxygens (including phenoxy) is 1. The maximum atomic E-state index is 14.2. The Kier molecular flexibility index (Phi) is 5.68. The van der Waals surface area contributed by atoms with Gasteiger partial charge in [-0.05, 0) is 49.9 Å². The number of hydrogen-bond acceptors (Lipinski definition) is 8. The summed E-state index contributed by atoms with van der Waals surface area (Å²) in [6.07, 6.45) is 8.32. The lowest BCUT2D eigenvalue weighted by atomic mass is 9.87. The number of nitrogens with one attached hydrogen (secondary N) is 1. The SMILES string of the molecule is COc1ccc(-c2ccc(-c3cnn4c(N)cc(C5CC6CC[C@H](C5)N6C(=O)c5ncn[nH]5)nc34)cn2)cc1F. The van der Waals surface area contributed by atoms with E-state index in [0.717, 1.165) is 42.5 Å². The number of fused-ring (bicyclic) bond motifs is 3. The van der Waals surface area contributed by atoms with Gasteiger partial charge in [-0.25, -0.2) is 14.4 Å². The van der Waals surface area contributed by atoms with Crippen LogP contribution in [0.2, 0.25) is 0 Å². The first-order valence-electron chi connectivity index (χ1n) is 13.1. The highest BCUT2D eigenvalue weighted by atomic mass is 19.1. The molecule has 6 heterocycles. The fourth-order valence-corrected chi connectivity index (χ4v) is 6.15. The van der Waals surface area contributed by atoms with Gasteiger partial charge < -0.3 is 15.4 Å². The molecule has 1 amide bonds. The zero-order valence-corrected chi connectivity index (χ0v) is 21.7. The van der Waals surface area contributed by atoms with Crippen LogP contribution in [0.15, 0.2) is 55.1 Å². The second-order valence-electron chi connectivity index (χ2n) is 10.3. The third-order valence-electron chi connectivity index (χ3n) is 8.04. The Labute approximate surface area is 228 Å². The van der Waals surface area contributed by atoms with Gasteiger partial charge in [0.15, 0.2) is 17.2 Å². The van der Waals surface area contributed by atoms with Gasteiger partial charge in [0, 0.05) is 52.6 Å². The second kappa shape index (κ2) is 9.40. The number of amides is 1. The molecule has 2 fully saturated rings. The van der Waals surface area contributed by atoms with Crippen LogP contribution in [0.4, 0.5) is 10.2 Å². The van der Waals surface area contributed by atoms with Crippen LogP contribution >= 0.6 is 0 Å². The van der Waals surface area contributed by atoms with Crippen LogP contribution in [0.3, 0.4) is 0 Å². The van der Waals surface area contributed by atoms with Crippen LogP contribution in [0.1, 0.15) is 47.9 Å². The van der Waals surface area contributed by atoms with Crippen molar-refractivity contribution in [2.24, 2.45) is 0 Å². The molecule has 12 heteroatoms. The Morgan fingerprint density at radius 1 is 1.07 bits per heavy atom. The van der Waals surface area contributed by atoms with Crippen LogP contribution < -0.4 is 10.5 Å². The summed E-state index contributed by atoms with van der Waals surface area (Å²) in [6, 6.07) is 10.6. The van der Waals surface area contributed by atoms with Crippen molar-refractivity contribution in [3.05, 3.63) is 72.5 Å². The molecule has 3 atom stereocenters. The maximum Gasteiger partial charge on any atom is 0.291 e. The number of H-pyrrole nitrogens is 1. The summed E-state index contributed by atoms with van der Waals surface area (Å²) < 4.78 is 20.8. The van der Waals surface area contributed by atoms with Crippen molar-refractivity contribution in [1.29, 1.82) is 0 Å². The number of nitrogen functional groups attached to an aromatic ring is 1. The number of nitrogens with two attached hydrogens (primary N) is 1. The largest absolute Gasteiger partial charge is 0.494 e. The van der Waals surface area contributed by atoms with Gasteiger partial charge in [0.05, 0.1) is 19.0 Å². The lowest BCUT2D eigenvalue weighted by Crippen LogP contribution is -2.46. The molecule has 202 valence electrons. The summed E-state index contributed by atoms with van der Waals surface area (Å²) in [6.45, 7) is 0. The fraction of sp³-hybridized carbons (Fsp3) is 0.286. The molecule has 5 aromatic rings. The Balaban J connectivity index is 1.17. The third kappa shape index (κ3) is 3.94. The van der Waals surface area contributed by atoms with Crippen molar-refractivity contribution in [3.63, 3.8) is 0 Å². The van der Waals surface area contributed by atoms with Gasteiger partial charge in [0.2, 0.25) is 5.82 Å². The topological polar surface area (TPSA) is 140 Å². The number of anilines is 1. The number of carbonyl (C=O) groups is 1. The average molecular weight is 540 g/mol. The molecule has 2 saturated heterocycles. The van der Waals surface area contributed by atoms with E-state index in [1.807, 2.05) is 23.1 Å². The van der Waals surface area contributed by atoms with Crippen molar-refractivity contribution in [1.82, 2.24) is 39.7 Å². The Morgan fingerprint density at radius 3 is 2.55 bits per heavy atom. The molecule has 2 unspecified atom stereocenters. The summed E-state index contributed by atoms with van der Waals surface area (Å²) in [5, 5.41) is 11.0. The lowest BCUT2D eigenvalue weighted by molar-refractivity contribution is 0.0557. The van der Waals surface area contributed by atoms with E-state index in [4.69, 9.17) is 15.5 Å². The minimum atomic E-state index is -0.442. The van der Waals surface area contributed by atoms with Crippen LogP contribution in [0.5, 0.6) is 5.75 Å². The summed E-state index contributed by atoms with van der Waals surface area (Å²) in [5.74, 6) is 0.583. The summed E-state index contributed by atoms with van der Waals surface area (Å²) >= 11 is 0. The summed E-state index contributed by atoms with van der Waals surface area (Å²) in [5.41, 5.74) is 10.9. The van der Waals surface area contributed by atoms with Gasteiger partial charge in [0.25, 0.3) is 5.91 Å². The van der Waals surface area contributed by atoms with Crippen molar-refractivity contribution < 1.29 is 13.9 Å². The predicted octanol–water partition coefficient (Wildman–Crippen LogP) is 3.86. The van der Waals surface area contributed by atoms with E-state index in [1.54, 1.807) is 29.0 Å². The quantitative estimate of drug-likeness (QED) is 0.343. The van der Waals surface area contributed by atoms with Crippen LogP contribution in [-0.4, -0.2) is 64.8 Å². The number of rotatable bonds is 5. The number of methoxy groups -OCH3 is 1. The van der Waals surface area contributed by atoms with Crippen LogP contribution in [0.25, 0.3) is 28.0 Å². The first-order chi connectivity index (χ1) is 19.5. The molecular weight excluding hydrogens is 513 g/mol. The first kappa shape index (κ1) is 24.2. The minimum Gasteiger partial charge on any atom is -0.494 e. The Morgan fingerprint density at radius 2 is 1.88 bits per heavy atom. The van der Waals surface area contributed by atoms with E-state index in [0.29, 0.717) is 22.7 Å². The Bertz CT molecular complexity index is 1700. The van der Waals surface area contributed by atoms with Gasteiger partial charge in [0.1, 0.15) is 12.1 Å². The van der Waals surface area contributed by atoms with Gasteiger partial charge in [-0.2, -0.15) is 14.7 Å². The van der Waals surface area contributed by atoms with Crippen LogP contribution in [0, 0.1) is 5.82 Å². The molecule has 0 saturated carbocycles. The summed E-state index contributed by atoms with van der Waals surface area (Å²) in [7, 11) is 1.43. The highest BCUT2D eigenvalue weighted by molar-refractivity contribution is 5.91. The monoisotopic (exact) mass is 539 g/mol. The molecule has 11 nitrogen and oxygen atoms in total. The number of halogens is 1. The number of piperidine rings is 1. The molecule has 0 spiro atoms. The fourth-order valence-electron chi connectivity index (χ4n) is 6.15. The molecule has 4 aromatic heterocycles. The maximum absolute atomic E-state index is 14.2. The predicted molar refractivity (Wildman–Crippen MR) is 144 cm³/mol. The zero-order chi connectivity index (χ0) is 27.4. The van der Waals surface area contributed by atoms with Gasteiger partial charge in [-0.1, -0.05) is 6.07 Å². The summed E-state index contributed by atoms with van der Waals surface area (Å²) in [4.78, 5) is 28.6. The number of aromatic nitrogens is 7. The third-order valence-corrected chi connectivity index (χ3v) is 8.04. The van der Waals surface area contributed by atoms with E-state index < -0.39 is 5.82 Å². The lowest BCUT2D eigenvalue weighted by Gasteiger charge is -2.38. The first-order valence-corrected chi connectivity index (χ1v) is 13.1. The number of hydrogen-bond donors (Lipinski definition) is 2. The van der Waals surface area contributed by atoms with E-state index in [9.17, 15) is 9.18 Å². The Hall–Kier alpha value is -4.87. The molecule has 2 bridgehead atoms. The highest BCUT2D eigenvalue weighted by Gasteiger charge is 2.45. The van der Waals surface area contributed by atoms with Gasteiger partial charge in [-0.15, -0.1) is 0 Å². The molecule has 3 N–H and O–H groups in total. The van der Waals surface area contributed by atoms with E-state index in [-0.39, 0.29) is 35.5 Å². The number of benzene rings is 1. The average Bonchev–Trinajstić information content (AvgIpc) is 3.71. The number of nitrogens with zero attached hydrogens (tertiary/aromatic N) is 7. The second-order valence-corrected chi connectivity index (χ2v) is 10.3. The molecule has 2 aliphatic rings. The zero-order valence-electron chi connectivity index (χ0n) is 21.7. The van der Waals surface area contributed by atoms with E-state index in [2.05, 4.69) is 25.3 Å². The van der Waals surface area contributed by atoms with E-state index >= 15 is 0 Å². The standard InChI is InChI=1S/C28H26FN9O2/c1-40-24-7-3-15(10-21(24)29)22-6-2-16(12-31-22)20-13-34-38-25(30)11-23(35-27(20)38)17-8-18-4-5-19(9-17)37(18)28(39)26-32-14-33-36-26/h2-3,6-7,10-14,17-19H,4-5,8-9,30H2,1H3,(H,32,33,36)/t17?,18-,19?/m1/s1.